The van der Waals surface area contributed by atoms with Crippen molar-refractivity contribution in [2.24, 2.45) is 0 Å². The quantitative estimate of drug-likeness (QED) is 0.804. The third-order valence-corrected chi connectivity index (χ3v) is 3.28. The molecule has 0 aliphatic carbocycles. The molecular weight excluding hydrogens is 306 g/mol. The number of hydrogen-bond acceptors (Lipinski definition) is 3. The molecule has 0 saturated heterocycles. The Kier molecular flexibility index (Phi) is 3.92. The Morgan fingerprint density at radius 3 is 2.57 bits per heavy atom. The molecule has 0 fully saturated rings. The third-order valence-electron chi connectivity index (χ3n) is 3.28. The molecule has 3 aromatic rings. The van der Waals surface area contributed by atoms with Crippen LogP contribution < -0.4 is 11.1 Å². The predicted molar refractivity (Wildman–Crippen MR) is 80.1 cm³/mol. The smallest absolute Gasteiger partial charge is 0.408 e. The van der Waals surface area contributed by atoms with Crippen LogP contribution in [0.4, 0.5) is 14.5 Å². The van der Waals surface area contributed by atoms with E-state index in [1.807, 2.05) is 0 Å². The lowest BCUT2D eigenvalue weighted by Gasteiger charge is -2.06. The molecule has 7 heteroatoms. The van der Waals surface area contributed by atoms with E-state index in [1.54, 1.807) is 24.3 Å². The molecule has 5 nitrogen and oxygen atoms in total. The number of halogens is 2. The lowest BCUT2D eigenvalue weighted by molar-refractivity contribution is -0.116. The van der Waals surface area contributed by atoms with Crippen molar-refractivity contribution >= 4 is 22.7 Å². The molecule has 0 spiro atoms. The minimum Gasteiger partial charge on any atom is -0.408 e. The summed E-state index contributed by atoms with van der Waals surface area (Å²) >= 11 is 0. The molecular formula is C16H12F2N2O3. The Morgan fingerprint density at radius 1 is 1.13 bits per heavy atom. The number of aromatic nitrogens is 1. The van der Waals surface area contributed by atoms with Gasteiger partial charge in [-0.05, 0) is 24.3 Å². The predicted octanol–water partition coefficient (Wildman–Crippen LogP) is 2.90. The third kappa shape index (κ3) is 3.28. The molecule has 1 amide bonds. The van der Waals surface area contributed by atoms with E-state index in [9.17, 15) is 18.4 Å². The van der Waals surface area contributed by atoms with Crippen molar-refractivity contribution in [2.45, 2.75) is 13.0 Å². The highest BCUT2D eigenvalue weighted by molar-refractivity contribution is 5.90. The summed E-state index contributed by atoms with van der Waals surface area (Å²) in [6.07, 6.45) is -0.0401. The minimum atomic E-state index is -0.780. The fourth-order valence-corrected chi connectivity index (χ4v) is 2.29. The van der Waals surface area contributed by atoms with Crippen LogP contribution in [0.25, 0.3) is 11.1 Å². The van der Waals surface area contributed by atoms with Crippen LogP contribution in [-0.4, -0.2) is 10.5 Å². The SMILES string of the molecule is O=C(CCn1c(=O)oc2ccccc21)Nc1cc(F)cc(F)c1. The van der Waals surface area contributed by atoms with Crippen molar-refractivity contribution in [1.82, 2.24) is 4.57 Å². The van der Waals surface area contributed by atoms with E-state index in [4.69, 9.17) is 4.42 Å². The maximum atomic E-state index is 13.1. The zero-order valence-corrected chi connectivity index (χ0v) is 11.9. The van der Waals surface area contributed by atoms with Gasteiger partial charge in [0.15, 0.2) is 5.58 Å². The van der Waals surface area contributed by atoms with E-state index in [0.717, 1.165) is 12.1 Å². The van der Waals surface area contributed by atoms with Crippen LogP contribution in [0.15, 0.2) is 51.7 Å². The maximum absolute atomic E-state index is 13.1. The number of para-hydroxylation sites is 2. The summed E-state index contributed by atoms with van der Waals surface area (Å²) in [5.41, 5.74) is 1.05. The molecule has 0 bridgehead atoms. The first-order chi connectivity index (χ1) is 11.0. The molecule has 0 atom stereocenters. The second kappa shape index (κ2) is 6.04. The molecule has 1 N–H and O–H groups in total. The number of amides is 1. The first-order valence-corrected chi connectivity index (χ1v) is 6.87. The van der Waals surface area contributed by atoms with Gasteiger partial charge in [-0.3, -0.25) is 9.36 Å². The molecule has 0 saturated carbocycles. The lowest BCUT2D eigenvalue weighted by Crippen LogP contribution is -2.19. The van der Waals surface area contributed by atoms with Gasteiger partial charge in [-0.15, -0.1) is 0 Å². The number of carbonyl (C=O) groups is 1. The largest absolute Gasteiger partial charge is 0.419 e. The second-order valence-corrected chi connectivity index (χ2v) is 4.94. The maximum Gasteiger partial charge on any atom is 0.419 e. The number of aryl methyl sites for hydroxylation is 1. The Hall–Kier alpha value is -2.96. The number of benzene rings is 2. The van der Waals surface area contributed by atoms with Crippen molar-refractivity contribution < 1.29 is 18.0 Å². The summed E-state index contributed by atoms with van der Waals surface area (Å²) in [6.45, 7) is 0.0967. The number of fused-ring (bicyclic) bond motifs is 1. The number of rotatable bonds is 4. The van der Waals surface area contributed by atoms with Crippen molar-refractivity contribution in [3.05, 3.63) is 64.6 Å². The average Bonchev–Trinajstić information content (AvgIpc) is 2.79. The summed E-state index contributed by atoms with van der Waals surface area (Å²) in [5, 5.41) is 2.39. The van der Waals surface area contributed by atoms with Crippen LogP contribution in [0.2, 0.25) is 0 Å². The van der Waals surface area contributed by atoms with E-state index in [0.29, 0.717) is 17.2 Å². The normalized spacial score (nSPS) is 10.9. The number of anilines is 1. The fourth-order valence-electron chi connectivity index (χ4n) is 2.29. The van der Waals surface area contributed by atoms with Crippen LogP contribution in [-0.2, 0) is 11.3 Å². The van der Waals surface area contributed by atoms with Gasteiger partial charge >= 0.3 is 5.76 Å². The molecule has 3 rings (SSSR count). The first kappa shape index (κ1) is 15.0. The first-order valence-electron chi connectivity index (χ1n) is 6.87. The van der Waals surface area contributed by atoms with Crippen LogP contribution >= 0.6 is 0 Å². The highest BCUT2D eigenvalue weighted by Gasteiger charge is 2.11. The summed E-state index contributed by atoms with van der Waals surface area (Å²) in [7, 11) is 0. The molecule has 1 aromatic heterocycles. The molecule has 0 aliphatic rings. The monoisotopic (exact) mass is 318 g/mol. The van der Waals surface area contributed by atoms with E-state index >= 15 is 0 Å². The van der Waals surface area contributed by atoms with Crippen molar-refractivity contribution in [3.63, 3.8) is 0 Å². The molecule has 0 radical (unpaired) electrons. The van der Waals surface area contributed by atoms with Gasteiger partial charge < -0.3 is 9.73 Å². The number of nitrogens with zero attached hydrogens (tertiary/aromatic N) is 1. The van der Waals surface area contributed by atoms with Gasteiger partial charge in [-0.25, -0.2) is 13.6 Å². The average molecular weight is 318 g/mol. The Morgan fingerprint density at radius 2 is 1.83 bits per heavy atom. The summed E-state index contributed by atoms with van der Waals surface area (Å²) in [6, 6.07) is 9.60. The van der Waals surface area contributed by atoms with Gasteiger partial charge in [0.05, 0.1) is 5.52 Å². The van der Waals surface area contributed by atoms with E-state index in [1.165, 1.54) is 4.57 Å². The number of hydrogen-bond donors (Lipinski definition) is 1. The molecule has 0 aliphatic heterocycles. The minimum absolute atomic E-state index is 0.0249. The Labute approximate surface area is 129 Å². The van der Waals surface area contributed by atoms with E-state index in [2.05, 4.69) is 5.32 Å². The highest BCUT2D eigenvalue weighted by atomic mass is 19.1. The zero-order valence-electron chi connectivity index (χ0n) is 11.9. The van der Waals surface area contributed by atoms with Crippen LogP contribution in [0.1, 0.15) is 6.42 Å². The van der Waals surface area contributed by atoms with Crippen LogP contribution in [0.5, 0.6) is 0 Å². The van der Waals surface area contributed by atoms with Crippen LogP contribution in [0.3, 0.4) is 0 Å². The summed E-state index contributed by atoms with van der Waals surface area (Å²) in [4.78, 5) is 23.6. The van der Waals surface area contributed by atoms with Gasteiger partial charge in [0, 0.05) is 24.7 Å². The molecule has 23 heavy (non-hydrogen) atoms. The van der Waals surface area contributed by atoms with Gasteiger partial charge in [0.25, 0.3) is 0 Å². The summed E-state index contributed by atoms with van der Waals surface area (Å²) in [5.74, 6) is -2.59. The van der Waals surface area contributed by atoms with Gasteiger partial charge in [0.2, 0.25) is 5.91 Å². The molecule has 1 heterocycles. The van der Waals surface area contributed by atoms with E-state index in [-0.39, 0.29) is 18.7 Å². The van der Waals surface area contributed by atoms with Crippen LogP contribution in [0, 0.1) is 11.6 Å². The molecule has 0 unspecified atom stereocenters. The van der Waals surface area contributed by atoms with Gasteiger partial charge in [-0.1, -0.05) is 12.1 Å². The van der Waals surface area contributed by atoms with Crippen molar-refractivity contribution in [1.29, 1.82) is 0 Å². The Bertz CT molecular complexity index is 910. The lowest BCUT2D eigenvalue weighted by atomic mass is 10.3. The Balaban J connectivity index is 1.71. The second-order valence-electron chi connectivity index (χ2n) is 4.94. The number of carbonyl (C=O) groups excluding carboxylic acids is 1. The van der Waals surface area contributed by atoms with Gasteiger partial charge in [0.1, 0.15) is 11.6 Å². The molecule has 2 aromatic carbocycles. The standard InChI is InChI=1S/C16H12F2N2O3/c17-10-7-11(18)9-12(8-10)19-15(21)5-6-20-13-3-1-2-4-14(13)23-16(20)22/h1-4,7-9H,5-6H2,(H,19,21). The van der Waals surface area contributed by atoms with Crippen molar-refractivity contribution in [3.8, 4) is 0 Å². The number of oxazole rings is 1. The molecule has 118 valence electrons. The highest BCUT2D eigenvalue weighted by Crippen LogP contribution is 2.14. The fraction of sp³-hybridized carbons (Fsp3) is 0.125. The number of nitrogens with one attached hydrogen (secondary N) is 1. The van der Waals surface area contributed by atoms with Crippen molar-refractivity contribution in [2.75, 3.05) is 5.32 Å². The summed E-state index contributed by atoms with van der Waals surface area (Å²) < 4.78 is 32.5. The topological polar surface area (TPSA) is 64.2 Å². The van der Waals surface area contributed by atoms with E-state index < -0.39 is 23.3 Å². The van der Waals surface area contributed by atoms with Gasteiger partial charge in [-0.2, -0.15) is 0 Å². The zero-order chi connectivity index (χ0) is 16.4.